The largest absolute Gasteiger partial charge is 0.369 e. The molecule has 90 valence electrons. The third kappa shape index (κ3) is 3.33. The summed E-state index contributed by atoms with van der Waals surface area (Å²) >= 11 is 3.55. The molecule has 5 heteroatoms. The predicted molar refractivity (Wildman–Crippen MR) is 72.1 cm³/mol. The van der Waals surface area contributed by atoms with Crippen LogP contribution in [0.3, 0.4) is 0 Å². The Hall–Kier alpha value is -0.840. The first-order valence-corrected chi connectivity index (χ1v) is 6.45. The van der Waals surface area contributed by atoms with Gasteiger partial charge in [-0.25, -0.2) is 9.97 Å². The number of aromatic nitrogens is 2. The monoisotopic (exact) mass is 286 g/mol. The minimum atomic E-state index is 0.870. The number of nitrogens with zero attached hydrogens (tertiary/aromatic N) is 3. The molecule has 1 aromatic rings. The van der Waals surface area contributed by atoms with Crippen molar-refractivity contribution in [1.82, 2.24) is 9.97 Å². The van der Waals surface area contributed by atoms with E-state index in [1.165, 1.54) is 0 Å². The highest BCUT2D eigenvalue weighted by Gasteiger charge is 2.11. The maximum atomic E-state index is 4.29. The SMILES string of the molecule is CCCNc1ncnc(N(C)CCC)c1Br. The quantitative estimate of drug-likeness (QED) is 0.873. The highest BCUT2D eigenvalue weighted by atomic mass is 79.9. The number of anilines is 2. The molecule has 16 heavy (non-hydrogen) atoms. The van der Waals surface area contributed by atoms with Crippen LogP contribution in [-0.4, -0.2) is 30.1 Å². The molecule has 0 aromatic carbocycles. The van der Waals surface area contributed by atoms with Crippen LogP contribution in [0, 0.1) is 0 Å². The Kier molecular flexibility index (Phi) is 5.52. The van der Waals surface area contributed by atoms with Crippen molar-refractivity contribution in [2.75, 3.05) is 30.4 Å². The summed E-state index contributed by atoms with van der Waals surface area (Å²) in [4.78, 5) is 10.6. The Bertz CT molecular complexity index is 330. The van der Waals surface area contributed by atoms with Gasteiger partial charge in [-0.05, 0) is 28.8 Å². The Balaban J connectivity index is 2.85. The molecule has 0 bridgehead atoms. The number of hydrogen-bond donors (Lipinski definition) is 1. The molecule has 0 fully saturated rings. The lowest BCUT2D eigenvalue weighted by molar-refractivity contribution is 0.831. The molecule has 0 aliphatic heterocycles. The normalized spacial score (nSPS) is 10.2. The number of nitrogens with one attached hydrogen (secondary N) is 1. The van der Waals surface area contributed by atoms with Crippen molar-refractivity contribution in [2.45, 2.75) is 26.7 Å². The molecule has 0 unspecified atom stereocenters. The summed E-state index contributed by atoms with van der Waals surface area (Å²) in [5, 5.41) is 3.28. The zero-order valence-corrected chi connectivity index (χ0v) is 11.7. The molecule has 0 amide bonds. The van der Waals surface area contributed by atoms with Crippen molar-refractivity contribution in [3.05, 3.63) is 10.8 Å². The minimum absolute atomic E-state index is 0.870. The Morgan fingerprint density at radius 2 is 2.06 bits per heavy atom. The van der Waals surface area contributed by atoms with Crippen LogP contribution in [-0.2, 0) is 0 Å². The van der Waals surface area contributed by atoms with Gasteiger partial charge in [0.2, 0.25) is 0 Å². The van der Waals surface area contributed by atoms with Gasteiger partial charge in [-0.1, -0.05) is 13.8 Å². The van der Waals surface area contributed by atoms with Crippen LogP contribution in [0.15, 0.2) is 10.8 Å². The first-order chi connectivity index (χ1) is 7.70. The fourth-order valence-corrected chi connectivity index (χ4v) is 2.08. The van der Waals surface area contributed by atoms with Crippen LogP contribution in [0.2, 0.25) is 0 Å². The van der Waals surface area contributed by atoms with Gasteiger partial charge >= 0.3 is 0 Å². The van der Waals surface area contributed by atoms with Gasteiger partial charge in [0, 0.05) is 20.1 Å². The smallest absolute Gasteiger partial charge is 0.148 e. The molecule has 1 rings (SSSR count). The molecular weight excluding hydrogens is 268 g/mol. The van der Waals surface area contributed by atoms with E-state index in [1.54, 1.807) is 6.33 Å². The second-order valence-corrected chi connectivity index (χ2v) is 4.50. The lowest BCUT2D eigenvalue weighted by atomic mass is 10.4. The van der Waals surface area contributed by atoms with E-state index < -0.39 is 0 Å². The highest BCUT2D eigenvalue weighted by Crippen LogP contribution is 2.28. The van der Waals surface area contributed by atoms with E-state index in [2.05, 4.69) is 50.0 Å². The third-order valence-electron chi connectivity index (χ3n) is 2.23. The maximum Gasteiger partial charge on any atom is 0.148 e. The number of hydrogen-bond acceptors (Lipinski definition) is 4. The summed E-state index contributed by atoms with van der Waals surface area (Å²) < 4.78 is 0.944. The van der Waals surface area contributed by atoms with Crippen LogP contribution in [0.25, 0.3) is 0 Å². The fourth-order valence-electron chi connectivity index (χ4n) is 1.43. The van der Waals surface area contributed by atoms with Gasteiger partial charge in [-0.3, -0.25) is 0 Å². The first kappa shape index (κ1) is 13.2. The Labute approximate surface area is 106 Å². The van der Waals surface area contributed by atoms with Crippen LogP contribution in [0.5, 0.6) is 0 Å². The zero-order valence-electron chi connectivity index (χ0n) is 10.1. The van der Waals surface area contributed by atoms with E-state index in [-0.39, 0.29) is 0 Å². The van der Waals surface area contributed by atoms with E-state index in [1.807, 2.05) is 7.05 Å². The van der Waals surface area contributed by atoms with Crippen molar-refractivity contribution >= 4 is 27.6 Å². The van der Waals surface area contributed by atoms with Crippen molar-refractivity contribution < 1.29 is 0 Å². The first-order valence-electron chi connectivity index (χ1n) is 5.66. The Morgan fingerprint density at radius 1 is 1.31 bits per heavy atom. The van der Waals surface area contributed by atoms with Gasteiger partial charge in [-0.2, -0.15) is 0 Å². The summed E-state index contributed by atoms with van der Waals surface area (Å²) in [5.74, 6) is 1.81. The van der Waals surface area contributed by atoms with E-state index in [4.69, 9.17) is 0 Å². The molecule has 0 aliphatic rings. The summed E-state index contributed by atoms with van der Waals surface area (Å²) in [6.07, 6.45) is 3.78. The van der Waals surface area contributed by atoms with Gasteiger partial charge in [0.15, 0.2) is 0 Å². The van der Waals surface area contributed by atoms with Gasteiger partial charge in [0.05, 0.1) is 0 Å². The lowest BCUT2D eigenvalue weighted by Crippen LogP contribution is -2.20. The molecule has 1 N–H and O–H groups in total. The molecule has 0 saturated carbocycles. The number of rotatable bonds is 6. The second kappa shape index (κ2) is 6.68. The van der Waals surface area contributed by atoms with Crippen LogP contribution < -0.4 is 10.2 Å². The standard InChI is InChI=1S/C11H19BrN4/c1-4-6-13-10-9(12)11(15-8-14-10)16(3)7-5-2/h8H,4-7H2,1-3H3,(H,13,14,15). The summed E-state index contributed by atoms with van der Waals surface area (Å²) in [7, 11) is 2.04. The van der Waals surface area contributed by atoms with Gasteiger partial charge < -0.3 is 10.2 Å². The third-order valence-corrected chi connectivity index (χ3v) is 2.96. The van der Waals surface area contributed by atoms with Crippen molar-refractivity contribution in [2.24, 2.45) is 0 Å². The average Bonchev–Trinajstić information content (AvgIpc) is 2.28. The topological polar surface area (TPSA) is 41.1 Å². The van der Waals surface area contributed by atoms with E-state index in [0.717, 1.165) is 42.0 Å². The van der Waals surface area contributed by atoms with E-state index >= 15 is 0 Å². The van der Waals surface area contributed by atoms with E-state index in [9.17, 15) is 0 Å². The van der Waals surface area contributed by atoms with Gasteiger partial charge in [0.25, 0.3) is 0 Å². The fraction of sp³-hybridized carbons (Fsp3) is 0.636. The van der Waals surface area contributed by atoms with Crippen LogP contribution in [0.1, 0.15) is 26.7 Å². The molecule has 0 atom stereocenters. The molecule has 0 aliphatic carbocycles. The van der Waals surface area contributed by atoms with Crippen LogP contribution in [0.4, 0.5) is 11.6 Å². The average molecular weight is 287 g/mol. The van der Waals surface area contributed by atoms with Gasteiger partial charge in [0.1, 0.15) is 22.4 Å². The van der Waals surface area contributed by atoms with Crippen LogP contribution >= 0.6 is 15.9 Å². The molecular formula is C11H19BrN4. The summed E-state index contributed by atoms with van der Waals surface area (Å²) in [5.41, 5.74) is 0. The van der Waals surface area contributed by atoms with Crippen molar-refractivity contribution in [1.29, 1.82) is 0 Å². The minimum Gasteiger partial charge on any atom is -0.369 e. The predicted octanol–water partition coefficient (Wildman–Crippen LogP) is 2.91. The molecule has 1 aromatic heterocycles. The molecule has 0 saturated heterocycles. The molecule has 1 heterocycles. The number of halogens is 1. The van der Waals surface area contributed by atoms with Crippen molar-refractivity contribution in [3.63, 3.8) is 0 Å². The highest BCUT2D eigenvalue weighted by molar-refractivity contribution is 9.10. The zero-order chi connectivity index (χ0) is 12.0. The van der Waals surface area contributed by atoms with Gasteiger partial charge in [-0.15, -0.1) is 0 Å². The molecule has 4 nitrogen and oxygen atoms in total. The summed E-state index contributed by atoms with van der Waals surface area (Å²) in [6, 6.07) is 0. The molecule has 0 radical (unpaired) electrons. The molecule has 0 spiro atoms. The Morgan fingerprint density at radius 3 is 2.69 bits per heavy atom. The maximum absolute atomic E-state index is 4.29. The van der Waals surface area contributed by atoms with Crippen molar-refractivity contribution in [3.8, 4) is 0 Å². The second-order valence-electron chi connectivity index (χ2n) is 3.71. The van der Waals surface area contributed by atoms with E-state index in [0.29, 0.717) is 0 Å². The summed E-state index contributed by atoms with van der Waals surface area (Å²) in [6.45, 7) is 6.20. The lowest BCUT2D eigenvalue weighted by Gasteiger charge is -2.19.